The van der Waals surface area contributed by atoms with E-state index in [1.807, 2.05) is 12.1 Å². The van der Waals surface area contributed by atoms with Gasteiger partial charge in [-0.3, -0.25) is 0 Å². The summed E-state index contributed by atoms with van der Waals surface area (Å²) in [6.45, 7) is 0.909. The first kappa shape index (κ1) is 10.0. The predicted octanol–water partition coefficient (Wildman–Crippen LogP) is 2.18. The number of hydrogen-bond donors (Lipinski definition) is 1. The summed E-state index contributed by atoms with van der Waals surface area (Å²) in [5, 5.41) is 3.33. The minimum atomic E-state index is 0.342. The van der Waals surface area contributed by atoms with Gasteiger partial charge in [0.25, 0.3) is 0 Å². The van der Waals surface area contributed by atoms with E-state index in [9.17, 15) is 4.79 Å². The van der Waals surface area contributed by atoms with Crippen LogP contribution in [0.4, 0.5) is 5.69 Å². The van der Waals surface area contributed by atoms with Gasteiger partial charge in [0, 0.05) is 13.0 Å². The number of carbonyl (C=O) groups excluding carboxylic acids is 1. The van der Waals surface area contributed by atoms with E-state index in [1.165, 1.54) is 5.56 Å². The van der Waals surface area contributed by atoms with E-state index in [0.717, 1.165) is 30.7 Å². The van der Waals surface area contributed by atoms with Gasteiger partial charge in [-0.05, 0) is 24.0 Å². The standard InChI is InChI=1S/C12H15NO2/c1-15-11-4-2-3-10-9(6-8-14)5-7-13-12(10)11/h2-4,8-9,13H,5-7H2,1H3. The maximum absolute atomic E-state index is 10.6. The Morgan fingerprint density at radius 2 is 2.47 bits per heavy atom. The monoisotopic (exact) mass is 205 g/mol. The molecule has 1 unspecified atom stereocenters. The molecule has 3 nitrogen and oxygen atoms in total. The number of para-hydroxylation sites is 1. The Balaban J connectivity index is 2.39. The van der Waals surface area contributed by atoms with Crippen LogP contribution in [0, 0.1) is 0 Å². The summed E-state index contributed by atoms with van der Waals surface area (Å²) in [5.74, 6) is 1.21. The minimum Gasteiger partial charge on any atom is -0.495 e. The van der Waals surface area contributed by atoms with Crippen LogP contribution in [0.25, 0.3) is 0 Å². The van der Waals surface area contributed by atoms with Crippen molar-refractivity contribution in [3.63, 3.8) is 0 Å². The number of anilines is 1. The highest BCUT2D eigenvalue weighted by Crippen LogP contribution is 2.38. The molecule has 1 heterocycles. The zero-order valence-electron chi connectivity index (χ0n) is 8.82. The molecule has 0 amide bonds. The highest BCUT2D eigenvalue weighted by Gasteiger charge is 2.21. The van der Waals surface area contributed by atoms with Crippen molar-refractivity contribution >= 4 is 12.0 Å². The maximum atomic E-state index is 10.6. The van der Waals surface area contributed by atoms with Crippen LogP contribution in [-0.4, -0.2) is 19.9 Å². The van der Waals surface area contributed by atoms with Crippen LogP contribution in [0.5, 0.6) is 5.75 Å². The number of benzene rings is 1. The molecule has 0 fully saturated rings. The summed E-state index contributed by atoms with van der Waals surface area (Å²) in [6, 6.07) is 5.98. The number of methoxy groups -OCH3 is 1. The Labute approximate surface area is 89.4 Å². The van der Waals surface area contributed by atoms with Crippen LogP contribution in [0.2, 0.25) is 0 Å². The second-order valence-corrected chi connectivity index (χ2v) is 3.74. The van der Waals surface area contributed by atoms with Crippen LogP contribution in [0.3, 0.4) is 0 Å². The smallest absolute Gasteiger partial charge is 0.142 e. The fourth-order valence-electron chi connectivity index (χ4n) is 2.14. The van der Waals surface area contributed by atoms with E-state index >= 15 is 0 Å². The van der Waals surface area contributed by atoms with Crippen molar-refractivity contribution in [1.29, 1.82) is 0 Å². The van der Waals surface area contributed by atoms with E-state index in [0.29, 0.717) is 12.3 Å². The third kappa shape index (κ3) is 1.82. The van der Waals surface area contributed by atoms with Crippen molar-refractivity contribution in [3.05, 3.63) is 23.8 Å². The van der Waals surface area contributed by atoms with Gasteiger partial charge in [-0.1, -0.05) is 12.1 Å². The summed E-state index contributed by atoms with van der Waals surface area (Å²) in [5.41, 5.74) is 2.26. The second-order valence-electron chi connectivity index (χ2n) is 3.74. The van der Waals surface area contributed by atoms with E-state index in [2.05, 4.69) is 11.4 Å². The van der Waals surface area contributed by atoms with Crippen molar-refractivity contribution in [2.45, 2.75) is 18.8 Å². The molecular formula is C12H15NO2. The molecule has 2 rings (SSSR count). The third-order valence-corrected chi connectivity index (χ3v) is 2.89. The zero-order valence-corrected chi connectivity index (χ0v) is 8.82. The summed E-state index contributed by atoms with van der Waals surface area (Å²) in [7, 11) is 1.67. The summed E-state index contributed by atoms with van der Waals surface area (Å²) in [4.78, 5) is 10.6. The lowest BCUT2D eigenvalue weighted by molar-refractivity contribution is -0.108. The first-order valence-electron chi connectivity index (χ1n) is 5.21. The van der Waals surface area contributed by atoms with Gasteiger partial charge in [-0.2, -0.15) is 0 Å². The van der Waals surface area contributed by atoms with Crippen LogP contribution < -0.4 is 10.1 Å². The molecule has 1 aromatic carbocycles. The number of carbonyl (C=O) groups is 1. The van der Waals surface area contributed by atoms with Crippen molar-refractivity contribution in [2.75, 3.05) is 19.0 Å². The molecule has 0 radical (unpaired) electrons. The van der Waals surface area contributed by atoms with Gasteiger partial charge in [0.15, 0.2) is 0 Å². The van der Waals surface area contributed by atoms with Gasteiger partial charge >= 0.3 is 0 Å². The van der Waals surface area contributed by atoms with Crippen LogP contribution in [-0.2, 0) is 4.79 Å². The quantitative estimate of drug-likeness (QED) is 0.769. The van der Waals surface area contributed by atoms with Crippen molar-refractivity contribution in [1.82, 2.24) is 0 Å². The molecule has 15 heavy (non-hydrogen) atoms. The van der Waals surface area contributed by atoms with Crippen molar-refractivity contribution < 1.29 is 9.53 Å². The van der Waals surface area contributed by atoms with Gasteiger partial charge in [0.2, 0.25) is 0 Å². The lowest BCUT2D eigenvalue weighted by atomic mass is 9.88. The molecule has 1 aliphatic rings. The molecule has 1 N–H and O–H groups in total. The number of hydrogen-bond acceptors (Lipinski definition) is 3. The fourth-order valence-corrected chi connectivity index (χ4v) is 2.14. The first-order chi connectivity index (χ1) is 7.36. The van der Waals surface area contributed by atoms with Gasteiger partial charge in [0.1, 0.15) is 12.0 Å². The molecule has 0 saturated heterocycles. The largest absolute Gasteiger partial charge is 0.495 e. The van der Waals surface area contributed by atoms with Gasteiger partial charge in [-0.15, -0.1) is 0 Å². The number of ether oxygens (including phenoxy) is 1. The number of aldehydes is 1. The molecule has 1 aromatic rings. The average Bonchev–Trinajstić information content (AvgIpc) is 2.29. The topological polar surface area (TPSA) is 38.3 Å². The lowest BCUT2D eigenvalue weighted by Gasteiger charge is -2.26. The normalized spacial score (nSPS) is 18.9. The number of fused-ring (bicyclic) bond motifs is 1. The molecule has 1 aliphatic heterocycles. The van der Waals surface area contributed by atoms with Crippen LogP contribution in [0.1, 0.15) is 24.3 Å². The van der Waals surface area contributed by atoms with E-state index < -0.39 is 0 Å². The molecule has 0 bridgehead atoms. The predicted molar refractivity (Wildman–Crippen MR) is 59.5 cm³/mol. The third-order valence-electron chi connectivity index (χ3n) is 2.89. The molecular weight excluding hydrogens is 190 g/mol. The van der Waals surface area contributed by atoms with E-state index in [-0.39, 0.29) is 0 Å². The second kappa shape index (κ2) is 4.34. The van der Waals surface area contributed by atoms with Crippen LogP contribution >= 0.6 is 0 Å². The molecule has 80 valence electrons. The Hall–Kier alpha value is -1.51. The molecule has 0 aromatic heterocycles. The summed E-state index contributed by atoms with van der Waals surface area (Å²) < 4.78 is 5.29. The Morgan fingerprint density at radius 3 is 3.20 bits per heavy atom. The highest BCUT2D eigenvalue weighted by molar-refractivity contribution is 5.66. The average molecular weight is 205 g/mol. The lowest BCUT2D eigenvalue weighted by Crippen LogP contribution is -2.17. The fraction of sp³-hybridized carbons (Fsp3) is 0.417. The summed E-state index contributed by atoms with van der Waals surface area (Å²) in [6.07, 6.45) is 2.61. The van der Waals surface area contributed by atoms with E-state index in [4.69, 9.17) is 4.74 Å². The Morgan fingerprint density at radius 1 is 1.60 bits per heavy atom. The molecule has 3 heteroatoms. The van der Waals surface area contributed by atoms with Crippen LogP contribution in [0.15, 0.2) is 18.2 Å². The zero-order chi connectivity index (χ0) is 10.7. The molecule has 1 atom stereocenters. The Bertz CT molecular complexity index is 363. The van der Waals surface area contributed by atoms with Gasteiger partial charge in [0.05, 0.1) is 12.8 Å². The maximum Gasteiger partial charge on any atom is 0.142 e. The Kier molecular flexibility index (Phi) is 2.90. The van der Waals surface area contributed by atoms with E-state index in [1.54, 1.807) is 7.11 Å². The van der Waals surface area contributed by atoms with Gasteiger partial charge in [-0.25, -0.2) is 0 Å². The minimum absolute atomic E-state index is 0.342. The SMILES string of the molecule is COc1cccc2c1NCCC2CC=O. The van der Waals surface area contributed by atoms with Crippen molar-refractivity contribution in [3.8, 4) is 5.75 Å². The first-order valence-corrected chi connectivity index (χ1v) is 5.21. The molecule has 0 saturated carbocycles. The highest BCUT2D eigenvalue weighted by atomic mass is 16.5. The van der Waals surface area contributed by atoms with Crippen molar-refractivity contribution in [2.24, 2.45) is 0 Å². The molecule has 0 spiro atoms. The molecule has 0 aliphatic carbocycles. The summed E-state index contributed by atoms with van der Waals surface area (Å²) >= 11 is 0. The number of nitrogens with one attached hydrogen (secondary N) is 1. The number of rotatable bonds is 3. The van der Waals surface area contributed by atoms with Gasteiger partial charge < -0.3 is 14.8 Å².